The van der Waals surface area contributed by atoms with Gasteiger partial charge in [-0.2, -0.15) is 0 Å². The number of carbonyl (C=O) groups excluding carboxylic acids is 1. The van der Waals surface area contributed by atoms with Gasteiger partial charge in [-0.25, -0.2) is 8.42 Å². The summed E-state index contributed by atoms with van der Waals surface area (Å²) in [4.78, 5) is 12.2. The number of hydrogen-bond acceptors (Lipinski definition) is 5. The van der Waals surface area contributed by atoms with Crippen LogP contribution in [-0.4, -0.2) is 27.5 Å². The van der Waals surface area contributed by atoms with Gasteiger partial charge < -0.3 is 9.47 Å². The average molecular weight is 351 g/mol. The van der Waals surface area contributed by atoms with Crippen molar-refractivity contribution >= 4 is 15.9 Å². The van der Waals surface area contributed by atoms with Gasteiger partial charge in [0.25, 0.3) is 0 Å². The van der Waals surface area contributed by atoms with Gasteiger partial charge >= 0.3 is 0 Å². The van der Waals surface area contributed by atoms with Crippen molar-refractivity contribution in [1.29, 1.82) is 0 Å². The van der Waals surface area contributed by atoms with Crippen LogP contribution in [0.15, 0.2) is 18.2 Å². The normalized spacial score (nSPS) is 21.7. The SMILES string of the molecule is O=C(NS(=O)(=O)Cc1cccc2c1OCCO2)C1CC2(CCC2)C1. The molecule has 0 saturated heterocycles. The number of rotatable bonds is 4. The maximum atomic E-state index is 12.4. The van der Waals surface area contributed by atoms with Gasteiger partial charge in [-0.15, -0.1) is 0 Å². The van der Waals surface area contributed by atoms with E-state index in [1.807, 2.05) is 0 Å². The summed E-state index contributed by atoms with van der Waals surface area (Å²) in [7, 11) is -3.75. The predicted octanol–water partition coefficient (Wildman–Crippen LogP) is 1.98. The molecule has 1 amide bonds. The van der Waals surface area contributed by atoms with Crippen LogP contribution in [0.25, 0.3) is 0 Å². The number of carbonyl (C=O) groups is 1. The van der Waals surface area contributed by atoms with E-state index < -0.39 is 10.0 Å². The van der Waals surface area contributed by atoms with Gasteiger partial charge in [0.2, 0.25) is 15.9 Å². The van der Waals surface area contributed by atoms with E-state index in [1.165, 1.54) is 19.3 Å². The van der Waals surface area contributed by atoms with Crippen molar-refractivity contribution < 1.29 is 22.7 Å². The first-order chi connectivity index (χ1) is 11.5. The summed E-state index contributed by atoms with van der Waals surface area (Å²) in [5.74, 6) is 0.187. The molecule has 2 fully saturated rings. The molecule has 1 aromatic rings. The summed E-state index contributed by atoms with van der Waals surface area (Å²) in [5.41, 5.74) is 0.853. The minimum absolute atomic E-state index is 0.163. The Balaban J connectivity index is 1.41. The predicted molar refractivity (Wildman–Crippen MR) is 87.2 cm³/mol. The monoisotopic (exact) mass is 351 g/mol. The number of nitrogens with one attached hydrogen (secondary N) is 1. The first-order valence-corrected chi connectivity index (χ1v) is 10.0. The zero-order chi connectivity index (χ0) is 16.8. The van der Waals surface area contributed by atoms with Gasteiger partial charge in [0, 0.05) is 11.5 Å². The highest BCUT2D eigenvalue weighted by atomic mass is 32.2. The number of para-hydroxylation sites is 1. The third-order valence-corrected chi connectivity index (χ3v) is 6.60. The third-order valence-electron chi connectivity index (χ3n) is 5.39. The smallest absolute Gasteiger partial charge is 0.239 e. The van der Waals surface area contributed by atoms with E-state index in [0.29, 0.717) is 35.7 Å². The van der Waals surface area contributed by atoms with Crippen LogP contribution in [0.1, 0.15) is 37.7 Å². The number of benzene rings is 1. The van der Waals surface area contributed by atoms with Crippen LogP contribution < -0.4 is 14.2 Å². The van der Waals surface area contributed by atoms with E-state index in [2.05, 4.69) is 4.72 Å². The Morgan fingerprint density at radius 3 is 2.67 bits per heavy atom. The maximum absolute atomic E-state index is 12.4. The summed E-state index contributed by atoms with van der Waals surface area (Å²) in [6, 6.07) is 5.16. The molecule has 1 N–H and O–H groups in total. The van der Waals surface area contributed by atoms with Gasteiger partial charge in [-0.3, -0.25) is 9.52 Å². The topological polar surface area (TPSA) is 81.7 Å². The van der Waals surface area contributed by atoms with Crippen molar-refractivity contribution in [2.24, 2.45) is 11.3 Å². The second-order valence-corrected chi connectivity index (χ2v) is 8.85. The fourth-order valence-corrected chi connectivity index (χ4v) is 5.16. The first-order valence-electron chi connectivity index (χ1n) is 8.38. The van der Waals surface area contributed by atoms with Crippen molar-refractivity contribution in [3.05, 3.63) is 23.8 Å². The molecule has 4 rings (SSSR count). The molecule has 0 radical (unpaired) electrons. The molecular weight excluding hydrogens is 330 g/mol. The molecule has 1 heterocycles. The van der Waals surface area contributed by atoms with Gasteiger partial charge in [-0.1, -0.05) is 18.6 Å². The van der Waals surface area contributed by atoms with Crippen LogP contribution >= 0.6 is 0 Å². The van der Waals surface area contributed by atoms with Gasteiger partial charge in [0.05, 0.1) is 5.75 Å². The summed E-state index contributed by atoms with van der Waals surface area (Å²) in [5, 5.41) is 0. The van der Waals surface area contributed by atoms with E-state index in [0.717, 1.165) is 12.8 Å². The molecule has 0 bridgehead atoms. The van der Waals surface area contributed by atoms with E-state index in [9.17, 15) is 13.2 Å². The summed E-state index contributed by atoms with van der Waals surface area (Å²) >= 11 is 0. The maximum Gasteiger partial charge on any atom is 0.239 e. The molecule has 24 heavy (non-hydrogen) atoms. The van der Waals surface area contributed by atoms with Crippen molar-refractivity contribution in [3.63, 3.8) is 0 Å². The highest BCUT2D eigenvalue weighted by Crippen LogP contribution is 2.58. The van der Waals surface area contributed by atoms with E-state index in [-0.39, 0.29) is 17.6 Å². The zero-order valence-corrected chi connectivity index (χ0v) is 14.2. The van der Waals surface area contributed by atoms with E-state index >= 15 is 0 Å². The molecule has 0 atom stereocenters. The van der Waals surface area contributed by atoms with Crippen molar-refractivity contribution in [2.75, 3.05) is 13.2 Å². The Labute approximate surface area is 141 Å². The Kier molecular flexibility index (Phi) is 3.71. The Bertz CT molecular complexity index is 761. The standard InChI is InChI=1S/C17H21NO5S/c19-16(13-9-17(10-13)5-2-6-17)18-24(20,21)11-12-3-1-4-14-15(12)23-8-7-22-14/h1,3-4,13H,2,5-11H2,(H,18,19). The summed E-state index contributed by atoms with van der Waals surface area (Å²) in [6.07, 6.45) is 5.24. The van der Waals surface area contributed by atoms with Crippen LogP contribution in [-0.2, 0) is 20.6 Å². The highest BCUT2D eigenvalue weighted by Gasteiger charge is 2.50. The minimum Gasteiger partial charge on any atom is -0.486 e. The van der Waals surface area contributed by atoms with Crippen molar-refractivity contribution in [1.82, 2.24) is 4.72 Å². The molecule has 1 spiro atoms. The van der Waals surface area contributed by atoms with Crippen LogP contribution in [0.5, 0.6) is 11.5 Å². The van der Waals surface area contributed by atoms with E-state index in [4.69, 9.17) is 9.47 Å². The number of ether oxygens (including phenoxy) is 2. The van der Waals surface area contributed by atoms with E-state index in [1.54, 1.807) is 18.2 Å². The zero-order valence-electron chi connectivity index (χ0n) is 13.4. The fourth-order valence-electron chi connectivity index (χ4n) is 3.98. The molecule has 0 unspecified atom stereocenters. The second-order valence-electron chi connectivity index (χ2n) is 7.13. The number of fused-ring (bicyclic) bond motifs is 1. The lowest BCUT2D eigenvalue weighted by Gasteiger charge is -2.53. The molecule has 1 aliphatic heterocycles. The lowest BCUT2D eigenvalue weighted by Crippen LogP contribution is -2.50. The van der Waals surface area contributed by atoms with Gasteiger partial charge in [0.1, 0.15) is 13.2 Å². The van der Waals surface area contributed by atoms with Gasteiger partial charge in [-0.05, 0) is 37.2 Å². The molecule has 7 heteroatoms. The average Bonchev–Trinajstić information content (AvgIpc) is 2.43. The van der Waals surface area contributed by atoms with Crippen LogP contribution in [0, 0.1) is 11.3 Å². The molecule has 6 nitrogen and oxygen atoms in total. The second kappa shape index (κ2) is 5.65. The van der Waals surface area contributed by atoms with Crippen molar-refractivity contribution in [2.45, 2.75) is 37.9 Å². The largest absolute Gasteiger partial charge is 0.486 e. The summed E-state index contributed by atoms with van der Waals surface area (Å²) in [6.45, 7) is 0.837. The number of hydrogen-bond donors (Lipinski definition) is 1. The molecule has 2 saturated carbocycles. The highest BCUT2D eigenvalue weighted by molar-refractivity contribution is 7.89. The molecule has 0 aromatic heterocycles. The molecular formula is C17H21NO5S. The van der Waals surface area contributed by atoms with Gasteiger partial charge in [0.15, 0.2) is 11.5 Å². The van der Waals surface area contributed by atoms with Crippen LogP contribution in [0.2, 0.25) is 0 Å². The number of sulfonamides is 1. The molecule has 1 aromatic carbocycles. The Morgan fingerprint density at radius 1 is 1.21 bits per heavy atom. The Hall–Kier alpha value is -1.76. The lowest BCUT2D eigenvalue weighted by molar-refractivity contribution is -0.134. The van der Waals surface area contributed by atoms with Crippen molar-refractivity contribution in [3.8, 4) is 11.5 Å². The Morgan fingerprint density at radius 2 is 1.96 bits per heavy atom. The lowest BCUT2D eigenvalue weighted by atomic mass is 9.52. The van der Waals surface area contributed by atoms with Crippen LogP contribution in [0.4, 0.5) is 0 Å². The fraction of sp³-hybridized carbons (Fsp3) is 0.588. The molecule has 3 aliphatic rings. The number of amides is 1. The molecule has 130 valence electrons. The quantitative estimate of drug-likeness (QED) is 0.897. The molecule has 2 aliphatic carbocycles. The minimum atomic E-state index is -3.75. The van der Waals surface area contributed by atoms with Crippen LogP contribution in [0.3, 0.4) is 0 Å². The first kappa shape index (κ1) is 15.7. The third kappa shape index (κ3) is 2.85. The summed E-state index contributed by atoms with van der Waals surface area (Å²) < 4.78 is 37.9.